The third-order valence-electron chi connectivity index (χ3n) is 3.80. The molecule has 0 spiro atoms. The summed E-state index contributed by atoms with van der Waals surface area (Å²) in [5.41, 5.74) is 0. The van der Waals surface area contributed by atoms with Gasteiger partial charge in [-0.1, -0.05) is 0 Å². The summed E-state index contributed by atoms with van der Waals surface area (Å²) in [6, 6.07) is 0. The molecule has 0 radical (unpaired) electrons. The van der Waals surface area contributed by atoms with Crippen molar-refractivity contribution in [3.8, 4) is 0 Å². The molecule has 0 aliphatic heterocycles. The molecule has 126 valence electrons. The minimum atomic E-state index is -1.15. The number of aliphatic hydroxyl groups excluding tert-OH is 5. The summed E-state index contributed by atoms with van der Waals surface area (Å²) in [7, 11) is 0. The van der Waals surface area contributed by atoms with E-state index in [1.165, 1.54) is 6.92 Å². The van der Waals surface area contributed by atoms with Gasteiger partial charge in [0, 0.05) is 12.5 Å². The fourth-order valence-electron chi connectivity index (χ4n) is 2.70. The SMILES string of the molecule is CC(O)C(OSOO[O-])C(O)CC1CC(O)C(O)C1CO. The molecular weight excluding hydrogens is 308 g/mol. The van der Waals surface area contributed by atoms with E-state index in [0.717, 1.165) is 0 Å². The molecule has 7 unspecified atom stereocenters. The Labute approximate surface area is 126 Å². The van der Waals surface area contributed by atoms with Crippen molar-refractivity contribution in [2.75, 3.05) is 6.61 Å². The zero-order valence-corrected chi connectivity index (χ0v) is 12.3. The van der Waals surface area contributed by atoms with Crippen molar-refractivity contribution in [1.82, 2.24) is 0 Å². The lowest BCUT2D eigenvalue weighted by Crippen LogP contribution is -2.39. The minimum Gasteiger partial charge on any atom is -0.691 e. The second-order valence-corrected chi connectivity index (χ2v) is 5.67. The Morgan fingerprint density at radius 1 is 1.33 bits per heavy atom. The normalized spacial score (nSPS) is 33.9. The molecule has 0 aromatic carbocycles. The number of hydrogen-bond acceptors (Lipinski definition) is 10. The van der Waals surface area contributed by atoms with E-state index in [9.17, 15) is 30.8 Å². The molecule has 0 amide bonds. The Morgan fingerprint density at radius 3 is 2.52 bits per heavy atom. The predicted octanol–water partition coefficient (Wildman–Crippen LogP) is -2.36. The van der Waals surface area contributed by atoms with Crippen molar-refractivity contribution in [1.29, 1.82) is 0 Å². The van der Waals surface area contributed by atoms with Gasteiger partial charge in [0.05, 0.1) is 24.4 Å². The Bertz CT molecular complexity index is 293. The van der Waals surface area contributed by atoms with Crippen LogP contribution in [0.3, 0.4) is 0 Å². The lowest BCUT2D eigenvalue weighted by molar-refractivity contribution is -0.777. The van der Waals surface area contributed by atoms with E-state index in [1.54, 1.807) is 0 Å². The van der Waals surface area contributed by atoms with Gasteiger partial charge in [-0.25, -0.2) is 0 Å². The van der Waals surface area contributed by atoms with Crippen LogP contribution in [0.4, 0.5) is 0 Å². The molecule has 0 bridgehead atoms. The summed E-state index contributed by atoms with van der Waals surface area (Å²) in [4.78, 5) is 0. The molecule has 9 nitrogen and oxygen atoms in total. The van der Waals surface area contributed by atoms with Gasteiger partial charge in [-0.3, -0.25) is 9.22 Å². The van der Waals surface area contributed by atoms with Crippen LogP contribution in [0.5, 0.6) is 0 Å². The molecule has 0 aromatic rings. The first-order valence-electron chi connectivity index (χ1n) is 6.54. The standard InChI is InChI=1S/C11H22O9S/c1-5(13)11(18-21-20-19-17)9(15)3-6-2-8(14)10(16)7(6)4-12/h5-17H,2-4H2,1H3/p-1. The molecule has 0 aromatic heterocycles. The van der Waals surface area contributed by atoms with Crippen molar-refractivity contribution in [2.45, 2.75) is 50.3 Å². The van der Waals surface area contributed by atoms with Crippen LogP contribution in [-0.2, 0) is 13.6 Å². The number of rotatable bonds is 9. The fourth-order valence-corrected chi connectivity index (χ4v) is 3.13. The summed E-state index contributed by atoms with van der Waals surface area (Å²) >= 11 is 0.181. The second-order valence-electron chi connectivity index (χ2n) is 5.21. The average Bonchev–Trinajstić information content (AvgIpc) is 2.68. The third-order valence-corrected chi connectivity index (χ3v) is 4.21. The summed E-state index contributed by atoms with van der Waals surface area (Å²) in [5.74, 6) is -0.889. The van der Waals surface area contributed by atoms with Crippen molar-refractivity contribution in [2.24, 2.45) is 11.8 Å². The van der Waals surface area contributed by atoms with Gasteiger partial charge in [0.1, 0.15) is 6.10 Å². The van der Waals surface area contributed by atoms with Gasteiger partial charge in [0.15, 0.2) is 12.3 Å². The van der Waals surface area contributed by atoms with Crippen molar-refractivity contribution < 1.29 is 44.3 Å². The highest BCUT2D eigenvalue weighted by atomic mass is 32.2. The van der Waals surface area contributed by atoms with Gasteiger partial charge in [0.25, 0.3) is 0 Å². The summed E-state index contributed by atoms with van der Waals surface area (Å²) in [6.07, 6.45) is -4.98. The molecule has 1 saturated carbocycles. The quantitative estimate of drug-likeness (QED) is 0.134. The van der Waals surface area contributed by atoms with E-state index in [4.69, 9.17) is 4.18 Å². The van der Waals surface area contributed by atoms with Crippen molar-refractivity contribution in [3.63, 3.8) is 0 Å². The van der Waals surface area contributed by atoms with Gasteiger partial charge >= 0.3 is 0 Å². The summed E-state index contributed by atoms with van der Waals surface area (Å²) in [5, 5.41) is 61.0. The van der Waals surface area contributed by atoms with Crippen LogP contribution in [0.15, 0.2) is 0 Å². The summed E-state index contributed by atoms with van der Waals surface area (Å²) < 4.78 is 8.83. The van der Waals surface area contributed by atoms with Crippen LogP contribution < -0.4 is 5.26 Å². The molecule has 1 aliphatic carbocycles. The molecule has 0 saturated heterocycles. The van der Waals surface area contributed by atoms with E-state index >= 15 is 0 Å². The highest BCUT2D eigenvalue weighted by Gasteiger charge is 2.43. The first-order valence-corrected chi connectivity index (χ1v) is 7.20. The van der Waals surface area contributed by atoms with Crippen molar-refractivity contribution >= 4 is 12.3 Å². The first kappa shape index (κ1) is 19.0. The number of aliphatic hydroxyl groups is 5. The maximum absolute atomic E-state index is 10.1. The Balaban J connectivity index is 2.57. The largest absolute Gasteiger partial charge is 0.691 e. The van der Waals surface area contributed by atoms with E-state index in [2.05, 4.69) is 9.37 Å². The van der Waals surface area contributed by atoms with Crippen molar-refractivity contribution in [3.05, 3.63) is 0 Å². The lowest BCUT2D eigenvalue weighted by atomic mass is 9.88. The zero-order chi connectivity index (χ0) is 16.0. The molecule has 1 rings (SSSR count). The monoisotopic (exact) mass is 329 g/mol. The van der Waals surface area contributed by atoms with Gasteiger partial charge in [-0.2, -0.15) is 0 Å². The van der Waals surface area contributed by atoms with Gasteiger partial charge in [-0.05, 0) is 25.7 Å². The molecular formula is C11H21O9S-. The van der Waals surface area contributed by atoms with Crippen LogP contribution in [0.2, 0.25) is 0 Å². The first-order chi connectivity index (χ1) is 9.92. The maximum atomic E-state index is 10.1. The van der Waals surface area contributed by atoms with E-state index in [0.29, 0.717) is 0 Å². The van der Waals surface area contributed by atoms with E-state index in [1.807, 2.05) is 0 Å². The highest BCUT2D eigenvalue weighted by molar-refractivity contribution is 7.89. The number of hydrogen-bond donors (Lipinski definition) is 5. The van der Waals surface area contributed by atoms with E-state index < -0.39 is 36.4 Å². The zero-order valence-electron chi connectivity index (χ0n) is 11.4. The van der Waals surface area contributed by atoms with Gasteiger partial charge < -0.3 is 30.8 Å². The molecule has 5 N–H and O–H groups in total. The summed E-state index contributed by atoms with van der Waals surface area (Å²) in [6.45, 7) is 1.06. The van der Waals surface area contributed by atoms with Crippen LogP contribution >= 0.6 is 12.3 Å². The molecule has 1 aliphatic rings. The Hall–Kier alpha value is -0.0100. The van der Waals surface area contributed by atoms with Crippen LogP contribution in [0.1, 0.15) is 19.8 Å². The van der Waals surface area contributed by atoms with Crippen LogP contribution in [0.25, 0.3) is 0 Å². The average molecular weight is 329 g/mol. The molecule has 21 heavy (non-hydrogen) atoms. The Morgan fingerprint density at radius 2 is 2.00 bits per heavy atom. The minimum absolute atomic E-state index is 0.0910. The second kappa shape index (κ2) is 9.20. The topological polar surface area (TPSA) is 152 Å². The van der Waals surface area contributed by atoms with Crippen LogP contribution in [-0.4, -0.2) is 62.7 Å². The fraction of sp³-hybridized carbons (Fsp3) is 1.00. The third kappa shape index (κ3) is 5.28. The molecule has 0 heterocycles. The smallest absolute Gasteiger partial charge is 0.194 e. The Kier molecular flexibility index (Phi) is 8.34. The van der Waals surface area contributed by atoms with Crippen LogP contribution in [0, 0.1) is 11.8 Å². The van der Waals surface area contributed by atoms with E-state index in [-0.39, 0.29) is 37.7 Å². The van der Waals surface area contributed by atoms with Gasteiger partial charge in [0.2, 0.25) is 0 Å². The lowest BCUT2D eigenvalue weighted by Gasteiger charge is -2.28. The molecule has 7 atom stereocenters. The highest BCUT2D eigenvalue weighted by Crippen LogP contribution is 2.36. The maximum Gasteiger partial charge on any atom is 0.194 e. The molecule has 10 heteroatoms. The predicted molar refractivity (Wildman–Crippen MR) is 67.6 cm³/mol. The molecule has 1 fully saturated rings. The van der Waals surface area contributed by atoms with Gasteiger partial charge in [-0.15, -0.1) is 4.33 Å².